The van der Waals surface area contributed by atoms with Gasteiger partial charge in [-0.25, -0.2) is 18.4 Å². The fourth-order valence-corrected chi connectivity index (χ4v) is 9.38. The Morgan fingerprint density at radius 2 is 0.603 bits per heavy atom. The van der Waals surface area contributed by atoms with Gasteiger partial charge in [0.2, 0.25) is 0 Å². The van der Waals surface area contributed by atoms with Crippen molar-refractivity contribution in [3.05, 3.63) is 144 Å². The van der Waals surface area contributed by atoms with Crippen LogP contribution in [0.15, 0.2) is 141 Å². The number of H-pyrrole nitrogens is 2. The molecule has 2 aliphatic rings. The second-order valence-electron chi connectivity index (χ2n) is 14.3. The third kappa shape index (κ3) is 8.05. The van der Waals surface area contributed by atoms with E-state index in [4.69, 9.17) is 9.97 Å². The molecule has 8 bridgehead atoms. The summed E-state index contributed by atoms with van der Waals surface area (Å²) in [5.74, 6) is 0. The number of hydrogen-bond donors (Lipinski definition) is 6. The average Bonchev–Trinajstić information content (AvgIpc) is 4.09. The van der Waals surface area contributed by atoms with Gasteiger partial charge in [-0.1, -0.05) is 48.5 Å². The maximum Gasteiger partial charge on any atom is 0.294 e. The van der Waals surface area contributed by atoms with Crippen LogP contribution in [0.25, 0.3) is 90.9 Å². The van der Waals surface area contributed by atoms with Crippen molar-refractivity contribution in [3.8, 4) is 44.5 Å². The molecule has 0 amide bonds. The number of aromatic amines is 2. The molecule has 0 radical (unpaired) electrons. The van der Waals surface area contributed by atoms with Gasteiger partial charge in [0.25, 0.3) is 30.4 Å². The molecule has 0 spiro atoms. The molecule has 7 aromatic rings. The molecule has 4 aromatic carbocycles. The monoisotopic (exact) mass is 918 g/mol. The zero-order chi connectivity index (χ0) is 44.4. The van der Waals surface area contributed by atoms with Crippen molar-refractivity contribution in [3.63, 3.8) is 0 Å². The summed E-state index contributed by atoms with van der Waals surface area (Å²) in [6.07, 6.45) is 7.05. The van der Waals surface area contributed by atoms with Crippen LogP contribution in [-0.4, -0.2) is 67.3 Å². The van der Waals surface area contributed by atoms with E-state index in [1.165, 1.54) is 84.9 Å². The summed E-state index contributed by atoms with van der Waals surface area (Å²) in [5.41, 5.74) is 8.08. The molecule has 3 aromatic heterocycles. The highest BCUT2D eigenvalue weighted by Crippen LogP contribution is 2.39. The lowest BCUT2D eigenvalue weighted by molar-refractivity contribution is 0.481. The summed E-state index contributed by atoms with van der Waals surface area (Å²) in [6, 6.07) is 30.1. The second-order valence-corrected chi connectivity index (χ2v) is 19.6. The minimum Gasteiger partial charge on any atom is -0.354 e. The van der Waals surface area contributed by atoms with E-state index in [1.807, 2.05) is 0 Å². The molecule has 5 heterocycles. The van der Waals surface area contributed by atoms with Gasteiger partial charge in [-0.3, -0.25) is 13.7 Å². The Morgan fingerprint density at radius 3 is 0.825 bits per heavy atom. The molecule has 316 valence electrons. The molecule has 0 saturated carbocycles. The smallest absolute Gasteiger partial charge is 0.294 e. The highest BCUT2D eigenvalue weighted by atomic mass is 32.2. The van der Waals surface area contributed by atoms with Gasteiger partial charge in [-0.15, -0.1) is 0 Å². The van der Waals surface area contributed by atoms with E-state index in [1.54, 1.807) is 60.7 Å². The Labute approximate surface area is 361 Å². The van der Waals surface area contributed by atoms with Crippen LogP contribution < -0.4 is 0 Å². The fraction of sp³-hybridized carbons (Fsp3) is 0. The van der Waals surface area contributed by atoms with Crippen LogP contribution in [0, 0.1) is 0 Å². The Kier molecular flexibility index (Phi) is 10.2. The van der Waals surface area contributed by atoms with Crippen molar-refractivity contribution in [2.75, 3.05) is 0 Å². The highest BCUT2D eigenvalue weighted by molar-refractivity contribution is 7.86. The third-order valence-corrected chi connectivity index (χ3v) is 13.8. The molecule has 0 fully saturated rings. The van der Waals surface area contributed by atoms with Gasteiger partial charge in [0.15, 0.2) is 10.7 Å². The largest absolute Gasteiger partial charge is 0.354 e. The topological polar surface area (TPSA) is 255 Å². The summed E-state index contributed by atoms with van der Waals surface area (Å²) in [7, 11) is -16.5. The standard InChI is InChI=1S/C44H30N4O11S4/c49-60(50)29-9-1-25(2-10-29)41-33-17-19-35(45-33)42(26-3-11-30(12-4-26)61(51,52)53)37-21-23-39(47-37)44(28-7-15-32(16-8-28)63(57,58)59)40-24-22-38(48-40)43(36-20-18-34(41)46-36)27-5-13-31(14-6-27)62(54,55)56/h1-24,45,48,60H,(H,51,52,53)(H,54,55,56)(H,57,58,59). The van der Waals surface area contributed by atoms with E-state index in [-0.39, 0.29) is 19.6 Å². The number of nitrogens with one attached hydrogen (secondary N) is 2. The predicted molar refractivity (Wildman–Crippen MR) is 239 cm³/mol. The molecule has 0 aliphatic carbocycles. The molecule has 0 saturated heterocycles. The van der Waals surface area contributed by atoms with Gasteiger partial charge in [0, 0.05) is 44.3 Å². The Hall–Kier alpha value is -6.84. The lowest BCUT2D eigenvalue weighted by atomic mass is 10.0. The summed E-state index contributed by atoms with van der Waals surface area (Å²) >= 11 is 0. The predicted octanol–water partition coefficient (Wildman–Crippen LogP) is 8.03. The summed E-state index contributed by atoms with van der Waals surface area (Å²) < 4.78 is 125. The van der Waals surface area contributed by atoms with Gasteiger partial charge >= 0.3 is 0 Å². The fourth-order valence-electron chi connectivity index (χ4n) is 7.55. The van der Waals surface area contributed by atoms with E-state index in [0.29, 0.717) is 89.4 Å². The van der Waals surface area contributed by atoms with Crippen LogP contribution in [0.3, 0.4) is 0 Å². The van der Waals surface area contributed by atoms with Crippen LogP contribution in [0.5, 0.6) is 0 Å². The van der Waals surface area contributed by atoms with Crippen molar-refractivity contribution in [2.24, 2.45) is 0 Å². The first-order chi connectivity index (χ1) is 29.9. The average molecular weight is 919 g/mol. The Morgan fingerprint density at radius 1 is 0.365 bits per heavy atom. The molecular formula is C44H30N4O11S4. The van der Waals surface area contributed by atoms with Crippen LogP contribution >= 0.6 is 0 Å². The molecule has 2 aliphatic heterocycles. The van der Waals surface area contributed by atoms with Crippen molar-refractivity contribution < 1.29 is 47.3 Å². The molecule has 9 rings (SSSR count). The van der Waals surface area contributed by atoms with Crippen molar-refractivity contribution in [1.29, 1.82) is 0 Å². The normalized spacial score (nSPS) is 12.9. The maximum atomic E-state index is 12.0. The van der Waals surface area contributed by atoms with Gasteiger partial charge < -0.3 is 9.97 Å². The number of benzene rings is 4. The molecule has 0 atom stereocenters. The number of thiol groups is 1. The zero-order valence-corrected chi connectivity index (χ0v) is 35.4. The lowest BCUT2D eigenvalue weighted by Gasteiger charge is -2.08. The minimum atomic E-state index is -4.53. The van der Waals surface area contributed by atoms with E-state index in [9.17, 15) is 47.3 Å². The van der Waals surface area contributed by atoms with Crippen molar-refractivity contribution >= 4 is 87.4 Å². The second kappa shape index (κ2) is 15.5. The van der Waals surface area contributed by atoms with Gasteiger partial charge in [0.05, 0.1) is 42.4 Å². The Bertz CT molecular complexity index is 3630. The van der Waals surface area contributed by atoms with E-state index in [2.05, 4.69) is 9.97 Å². The quantitative estimate of drug-likeness (QED) is 0.0624. The molecule has 63 heavy (non-hydrogen) atoms. The molecule has 0 unspecified atom stereocenters. The van der Waals surface area contributed by atoms with E-state index in [0.717, 1.165) is 0 Å². The highest BCUT2D eigenvalue weighted by Gasteiger charge is 2.21. The summed E-state index contributed by atoms with van der Waals surface area (Å²) in [5, 5.41) is 0. The van der Waals surface area contributed by atoms with Crippen LogP contribution in [0.4, 0.5) is 0 Å². The van der Waals surface area contributed by atoms with Gasteiger partial charge in [0.1, 0.15) is 0 Å². The van der Waals surface area contributed by atoms with Gasteiger partial charge in [-0.2, -0.15) is 25.3 Å². The third-order valence-electron chi connectivity index (χ3n) is 10.4. The number of rotatable bonds is 8. The first-order valence-electron chi connectivity index (χ1n) is 18.6. The van der Waals surface area contributed by atoms with Crippen molar-refractivity contribution in [2.45, 2.75) is 19.6 Å². The number of fused-ring (bicyclic) bond motifs is 8. The summed E-state index contributed by atoms with van der Waals surface area (Å²) in [6.45, 7) is 0. The zero-order valence-electron chi connectivity index (χ0n) is 32.0. The number of hydrogen-bond acceptors (Lipinski definition) is 10. The number of nitrogens with zero attached hydrogens (tertiary/aromatic N) is 2. The first kappa shape index (κ1) is 41.5. The maximum absolute atomic E-state index is 12.0. The van der Waals surface area contributed by atoms with Crippen LogP contribution in [0.1, 0.15) is 22.8 Å². The number of aromatic nitrogens is 4. The molecular weight excluding hydrogens is 889 g/mol. The Balaban J connectivity index is 1.44. The lowest BCUT2D eigenvalue weighted by Crippen LogP contribution is -1.97. The van der Waals surface area contributed by atoms with Crippen molar-refractivity contribution in [1.82, 2.24) is 19.9 Å². The molecule has 5 N–H and O–H groups in total. The first-order valence-corrected chi connectivity index (χ1v) is 24.1. The van der Waals surface area contributed by atoms with E-state index >= 15 is 0 Å². The molecule has 15 nitrogen and oxygen atoms in total. The summed E-state index contributed by atoms with van der Waals surface area (Å²) in [4.78, 5) is 16.2. The SMILES string of the molecule is O=[SH](=O)c1ccc(-c2c3nc(c(-c4ccc(S(=O)(=O)O)cc4)c4ccc([nH]4)c(-c4ccc(S(=O)(=O)O)cc4)c4nc(c(-c5ccc(S(=O)(=O)O)cc5)c5ccc2[nH]5)C=C4)C=C3)cc1. The van der Waals surface area contributed by atoms with Crippen LogP contribution in [0.2, 0.25) is 0 Å². The molecule has 19 heteroatoms. The minimum absolute atomic E-state index is 0.102. The van der Waals surface area contributed by atoms with E-state index < -0.39 is 41.1 Å². The van der Waals surface area contributed by atoms with Gasteiger partial charge in [-0.05, 0) is 119 Å². The van der Waals surface area contributed by atoms with Crippen LogP contribution in [-0.2, 0) is 41.1 Å².